The van der Waals surface area contributed by atoms with E-state index in [-0.39, 0.29) is 18.9 Å². The monoisotopic (exact) mass is 425 g/mol. The van der Waals surface area contributed by atoms with Gasteiger partial charge in [-0.15, -0.1) is 0 Å². The van der Waals surface area contributed by atoms with Gasteiger partial charge < -0.3 is 21.1 Å². The summed E-state index contributed by atoms with van der Waals surface area (Å²) in [5.74, 6) is -0.970. The number of alkyl carbamates (subject to hydrolysis) is 1. The van der Waals surface area contributed by atoms with Crippen molar-refractivity contribution in [3.8, 4) is 0 Å². The molecule has 0 aliphatic carbocycles. The number of rotatable bonds is 10. The van der Waals surface area contributed by atoms with Crippen molar-refractivity contribution in [3.05, 3.63) is 71.3 Å². The standard InChI is InChI=1S/C24H31N3O4/c1-16(2)13-21(27-24(30)31-15-18-10-5-4-6-11-18)23(29)26-20(22(25)28)14-19-12-8-7-9-17(19)3/h4-12,16,20-21H,13-15H2,1-3H3,(H2,25,28)(H,26,29)(H,27,30)/t20-,21-/m0/s1. The van der Waals surface area contributed by atoms with Crippen LogP contribution in [0.15, 0.2) is 54.6 Å². The first-order valence-corrected chi connectivity index (χ1v) is 10.4. The molecule has 7 nitrogen and oxygen atoms in total. The average Bonchev–Trinajstić information content (AvgIpc) is 2.73. The normalized spacial score (nSPS) is 12.6. The maximum Gasteiger partial charge on any atom is 0.408 e. The van der Waals surface area contributed by atoms with E-state index < -0.39 is 30.0 Å². The summed E-state index contributed by atoms with van der Waals surface area (Å²) in [6.45, 7) is 5.91. The fourth-order valence-electron chi connectivity index (χ4n) is 3.16. The molecule has 0 saturated heterocycles. The number of primary amides is 1. The third kappa shape index (κ3) is 8.12. The third-order valence-corrected chi connectivity index (χ3v) is 4.87. The quantitative estimate of drug-likeness (QED) is 0.543. The van der Waals surface area contributed by atoms with Crippen LogP contribution in [0, 0.1) is 12.8 Å². The summed E-state index contributed by atoms with van der Waals surface area (Å²) < 4.78 is 5.23. The third-order valence-electron chi connectivity index (χ3n) is 4.87. The van der Waals surface area contributed by atoms with Gasteiger partial charge in [0, 0.05) is 6.42 Å². The molecule has 0 aliphatic rings. The zero-order valence-electron chi connectivity index (χ0n) is 18.3. The maximum atomic E-state index is 12.9. The van der Waals surface area contributed by atoms with Crippen molar-refractivity contribution in [2.45, 2.75) is 52.3 Å². The van der Waals surface area contributed by atoms with Gasteiger partial charge in [0.1, 0.15) is 18.7 Å². The van der Waals surface area contributed by atoms with Crippen LogP contribution in [0.4, 0.5) is 4.79 Å². The van der Waals surface area contributed by atoms with E-state index in [9.17, 15) is 14.4 Å². The molecule has 4 N–H and O–H groups in total. The van der Waals surface area contributed by atoms with Gasteiger partial charge >= 0.3 is 6.09 Å². The van der Waals surface area contributed by atoms with Crippen molar-refractivity contribution in [1.29, 1.82) is 0 Å². The number of nitrogens with two attached hydrogens (primary N) is 1. The second kappa shape index (κ2) is 11.7. The lowest BCUT2D eigenvalue weighted by Gasteiger charge is -2.23. The summed E-state index contributed by atoms with van der Waals surface area (Å²) in [6.07, 6.45) is -0.0258. The molecule has 166 valence electrons. The highest BCUT2D eigenvalue weighted by atomic mass is 16.5. The molecule has 0 spiro atoms. The summed E-state index contributed by atoms with van der Waals surface area (Å²) in [6, 6.07) is 15.1. The number of hydrogen-bond donors (Lipinski definition) is 3. The number of carbonyl (C=O) groups excluding carboxylic acids is 3. The minimum atomic E-state index is -0.884. The van der Waals surface area contributed by atoms with E-state index in [0.717, 1.165) is 16.7 Å². The summed E-state index contributed by atoms with van der Waals surface area (Å²) in [5, 5.41) is 5.31. The zero-order valence-corrected chi connectivity index (χ0v) is 18.3. The Morgan fingerprint density at radius 1 is 0.935 bits per heavy atom. The number of aryl methyl sites for hydroxylation is 1. The first kappa shape index (κ1) is 23.9. The van der Waals surface area contributed by atoms with Gasteiger partial charge in [-0.2, -0.15) is 0 Å². The van der Waals surface area contributed by atoms with E-state index in [4.69, 9.17) is 10.5 Å². The molecule has 3 amide bonds. The van der Waals surface area contributed by atoms with Gasteiger partial charge in [-0.05, 0) is 36.0 Å². The van der Waals surface area contributed by atoms with Crippen LogP contribution in [0.2, 0.25) is 0 Å². The molecule has 0 radical (unpaired) electrons. The van der Waals surface area contributed by atoms with Crippen LogP contribution < -0.4 is 16.4 Å². The summed E-state index contributed by atoms with van der Waals surface area (Å²) >= 11 is 0. The van der Waals surface area contributed by atoms with Crippen molar-refractivity contribution in [2.75, 3.05) is 0 Å². The van der Waals surface area contributed by atoms with Gasteiger partial charge in [-0.25, -0.2) is 4.79 Å². The van der Waals surface area contributed by atoms with Crippen LogP contribution in [0.3, 0.4) is 0 Å². The minimum Gasteiger partial charge on any atom is -0.445 e. The molecular formula is C24H31N3O4. The lowest BCUT2D eigenvalue weighted by Crippen LogP contribution is -2.54. The number of nitrogens with one attached hydrogen (secondary N) is 2. The fourth-order valence-corrected chi connectivity index (χ4v) is 3.16. The fraction of sp³-hybridized carbons (Fsp3) is 0.375. The van der Waals surface area contributed by atoms with Gasteiger partial charge in [0.2, 0.25) is 11.8 Å². The van der Waals surface area contributed by atoms with Crippen LogP contribution in [0.1, 0.15) is 37.0 Å². The van der Waals surface area contributed by atoms with Gasteiger partial charge in [0.15, 0.2) is 0 Å². The SMILES string of the molecule is Cc1ccccc1C[C@H](NC(=O)[C@H](CC(C)C)NC(=O)OCc1ccccc1)C(N)=O. The first-order valence-electron chi connectivity index (χ1n) is 10.4. The number of amides is 3. The highest BCUT2D eigenvalue weighted by molar-refractivity contribution is 5.90. The van der Waals surface area contributed by atoms with Crippen molar-refractivity contribution >= 4 is 17.9 Å². The minimum absolute atomic E-state index is 0.0971. The highest BCUT2D eigenvalue weighted by Gasteiger charge is 2.27. The Morgan fingerprint density at radius 2 is 1.58 bits per heavy atom. The Kier molecular flexibility index (Phi) is 9.06. The van der Waals surface area contributed by atoms with E-state index in [1.165, 1.54) is 0 Å². The van der Waals surface area contributed by atoms with E-state index in [0.29, 0.717) is 6.42 Å². The molecular weight excluding hydrogens is 394 g/mol. The van der Waals surface area contributed by atoms with Crippen molar-refractivity contribution < 1.29 is 19.1 Å². The van der Waals surface area contributed by atoms with E-state index in [2.05, 4.69) is 10.6 Å². The molecule has 0 saturated carbocycles. The van der Waals surface area contributed by atoms with Crippen molar-refractivity contribution in [2.24, 2.45) is 11.7 Å². The molecule has 31 heavy (non-hydrogen) atoms. The molecule has 2 aromatic rings. The average molecular weight is 426 g/mol. The number of ether oxygens (including phenoxy) is 1. The van der Waals surface area contributed by atoms with Crippen LogP contribution in [0.25, 0.3) is 0 Å². The molecule has 0 fully saturated rings. The second-order valence-corrected chi connectivity index (χ2v) is 7.98. The molecule has 0 aliphatic heterocycles. The maximum absolute atomic E-state index is 12.9. The number of hydrogen-bond acceptors (Lipinski definition) is 4. The second-order valence-electron chi connectivity index (χ2n) is 7.98. The zero-order chi connectivity index (χ0) is 22.8. The Balaban J connectivity index is 2.01. The molecule has 2 atom stereocenters. The highest BCUT2D eigenvalue weighted by Crippen LogP contribution is 2.11. The van der Waals surface area contributed by atoms with E-state index in [1.54, 1.807) is 0 Å². The molecule has 0 heterocycles. The van der Waals surface area contributed by atoms with Crippen LogP contribution in [0.5, 0.6) is 0 Å². The molecule has 0 aromatic heterocycles. The lowest BCUT2D eigenvalue weighted by molar-refractivity contribution is -0.128. The Hall–Kier alpha value is -3.35. The largest absolute Gasteiger partial charge is 0.445 e. The molecule has 0 bridgehead atoms. The van der Waals surface area contributed by atoms with Crippen LogP contribution in [-0.2, 0) is 27.4 Å². The van der Waals surface area contributed by atoms with Crippen molar-refractivity contribution in [3.63, 3.8) is 0 Å². The Labute approximate surface area is 183 Å². The van der Waals surface area contributed by atoms with Gasteiger partial charge in [-0.3, -0.25) is 9.59 Å². The van der Waals surface area contributed by atoms with Gasteiger partial charge in [0.25, 0.3) is 0 Å². The Morgan fingerprint density at radius 3 is 2.19 bits per heavy atom. The predicted molar refractivity (Wildman–Crippen MR) is 119 cm³/mol. The first-order chi connectivity index (χ1) is 14.8. The lowest BCUT2D eigenvalue weighted by atomic mass is 9.99. The molecule has 7 heteroatoms. The summed E-state index contributed by atoms with van der Waals surface area (Å²) in [4.78, 5) is 37.1. The van der Waals surface area contributed by atoms with Crippen LogP contribution >= 0.6 is 0 Å². The predicted octanol–water partition coefficient (Wildman–Crippen LogP) is 2.85. The number of carbonyl (C=O) groups is 3. The smallest absolute Gasteiger partial charge is 0.408 e. The summed E-state index contributed by atoms with van der Waals surface area (Å²) in [7, 11) is 0. The van der Waals surface area contributed by atoms with Crippen LogP contribution in [-0.4, -0.2) is 30.0 Å². The van der Waals surface area contributed by atoms with E-state index in [1.807, 2.05) is 75.4 Å². The van der Waals surface area contributed by atoms with Gasteiger partial charge in [-0.1, -0.05) is 68.4 Å². The summed E-state index contributed by atoms with van der Waals surface area (Å²) in [5.41, 5.74) is 8.30. The van der Waals surface area contributed by atoms with Crippen molar-refractivity contribution in [1.82, 2.24) is 10.6 Å². The molecule has 2 aromatic carbocycles. The van der Waals surface area contributed by atoms with Gasteiger partial charge in [0.05, 0.1) is 0 Å². The molecule has 0 unspecified atom stereocenters. The molecule has 2 rings (SSSR count). The van der Waals surface area contributed by atoms with E-state index >= 15 is 0 Å². The Bertz CT molecular complexity index is 883. The topological polar surface area (TPSA) is 111 Å². The number of benzene rings is 2.